The van der Waals surface area contributed by atoms with Crippen LogP contribution in [0.2, 0.25) is 0 Å². The number of para-hydroxylation sites is 2. The van der Waals surface area contributed by atoms with Crippen molar-refractivity contribution in [2.75, 3.05) is 6.61 Å². The monoisotopic (exact) mass is 285 g/mol. The Morgan fingerprint density at radius 2 is 1.81 bits per heavy atom. The molecule has 112 valence electrons. The molecule has 1 atom stereocenters. The molecule has 3 heteroatoms. The first-order valence-corrected chi connectivity index (χ1v) is 7.43. The van der Waals surface area contributed by atoms with Crippen molar-refractivity contribution >= 4 is 0 Å². The molecular weight excluding hydrogens is 262 g/mol. The van der Waals surface area contributed by atoms with Crippen molar-refractivity contribution in [1.29, 1.82) is 0 Å². The lowest BCUT2D eigenvalue weighted by atomic mass is 10.1. The fourth-order valence-corrected chi connectivity index (χ4v) is 2.10. The van der Waals surface area contributed by atoms with Crippen LogP contribution in [0, 0.1) is 0 Å². The summed E-state index contributed by atoms with van der Waals surface area (Å²) in [4.78, 5) is 0. The molecular formula is C18H23NO2. The lowest BCUT2D eigenvalue weighted by Crippen LogP contribution is -2.17. The Balaban J connectivity index is 2.14. The Labute approximate surface area is 126 Å². The molecule has 0 spiro atoms. The van der Waals surface area contributed by atoms with Gasteiger partial charge >= 0.3 is 0 Å². The summed E-state index contributed by atoms with van der Waals surface area (Å²) in [7, 11) is 0. The van der Waals surface area contributed by atoms with Crippen LogP contribution in [-0.4, -0.2) is 12.6 Å². The maximum atomic E-state index is 5.96. The lowest BCUT2D eigenvalue weighted by molar-refractivity contribution is 0.302. The first kappa shape index (κ1) is 15.4. The fraction of sp³-hybridized carbons (Fsp3) is 0.333. The fourth-order valence-electron chi connectivity index (χ4n) is 2.10. The van der Waals surface area contributed by atoms with Gasteiger partial charge < -0.3 is 15.2 Å². The predicted octanol–water partition coefficient (Wildman–Crippen LogP) is 4.16. The second kappa shape index (κ2) is 7.70. The second-order valence-electron chi connectivity index (χ2n) is 5.23. The highest BCUT2D eigenvalue weighted by Gasteiger charge is 2.06. The van der Waals surface area contributed by atoms with Gasteiger partial charge in [-0.2, -0.15) is 0 Å². The molecule has 0 aliphatic carbocycles. The van der Waals surface area contributed by atoms with Crippen LogP contribution in [0.4, 0.5) is 0 Å². The van der Waals surface area contributed by atoms with E-state index in [0.717, 1.165) is 30.1 Å². The minimum Gasteiger partial charge on any atom is -0.490 e. The maximum Gasteiger partial charge on any atom is 0.169 e. The van der Waals surface area contributed by atoms with E-state index >= 15 is 0 Å². The quantitative estimate of drug-likeness (QED) is 0.831. The van der Waals surface area contributed by atoms with Crippen LogP contribution in [0.5, 0.6) is 17.2 Å². The van der Waals surface area contributed by atoms with Crippen LogP contribution >= 0.6 is 0 Å². The SMILES string of the molecule is CCCOc1ccccc1Oc1cccc(CC(C)N)c1. The number of hydrogen-bond acceptors (Lipinski definition) is 3. The van der Waals surface area contributed by atoms with Crippen LogP contribution in [-0.2, 0) is 6.42 Å². The molecule has 0 fully saturated rings. The van der Waals surface area contributed by atoms with E-state index in [2.05, 4.69) is 13.0 Å². The zero-order chi connectivity index (χ0) is 15.1. The average Bonchev–Trinajstić information content (AvgIpc) is 2.46. The Kier molecular flexibility index (Phi) is 5.64. The summed E-state index contributed by atoms with van der Waals surface area (Å²) in [5, 5.41) is 0. The van der Waals surface area contributed by atoms with Gasteiger partial charge in [-0.15, -0.1) is 0 Å². The average molecular weight is 285 g/mol. The molecule has 0 aromatic heterocycles. The number of nitrogens with two attached hydrogens (primary N) is 1. The smallest absolute Gasteiger partial charge is 0.169 e. The van der Waals surface area contributed by atoms with Gasteiger partial charge in [-0.25, -0.2) is 0 Å². The van der Waals surface area contributed by atoms with E-state index in [1.807, 2.05) is 49.4 Å². The first-order chi connectivity index (χ1) is 10.2. The molecule has 0 bridgehead atoms. The zero-order valence-electron chi connectivity index (χ0n) is 12.7. The summed E-state index contributed by atoms with van der Waals surface area (Å²) in [6, 6.07) is 15.9. The van der Waals surface area contributed by atoms with Crippen molar-refractivity contribution < 1.29 is 9.47 Å². The van der Waals surface area contributed by atoms with Gasteiger partial charge in [-0.05, 0) is 49.6 Å². The van der Waals surface area contributed by atoms with Crippen molar-refractivity contribution in [2.45, 2.75) is 32.7 Å². The van der Waals surface area contributed by atoms with Gasteiger partial charge in [0.25, 0.3) is 0 Å². The van der Waals surface area contributed by atoms with Gasteiger partial charge in [-0.1, -0.05) is 31.2 Å². The van der Waals surface area contributed by atoms with Crippen molar-refractivity contribution in [3.8, 4) is 17.2 Å². The lowest BCUT2D eigenvalue weighted by Gasteiger charge is -2.13. The number of ether oxygens (including phenoxy) is 2. The third kappa shape index (κ3) is 4.80. The van der Waals surface area contributed by atoms with E-state index in [9.17, 15) is 0 Å². The van der Waals surface area contributed by atoms with Crippen molar-refractivity contribution in [2.24, 2.45) is 5.73 Å². The van der Waals surface area contributed by atoms with E-state index in [-0.39, 0.29) is 6.04 Å². The second-order valence-corrected chi connectivity index (χ2v) is 5.23. The van der Waals surface area contributed by atoms with Crippen molar-refractivity contribution in [1.82, 2.24) is 0 Å². The van der Waals surface area contributed by atoms with Crippen LogP contribution < -0.4 is 15.2 Å². The molecule has 1 unspecified atom stereocenters. The Hall–Kier alpha value is -2.00. The minimum absolute atomic E-state index is 0.139. The molecule has 2 N–H and O–H groups in total. The molecule has 2 rings (SSSR count). The van der Waals surface area contributed by atoms with E-state index in [0.29, 0.717) is 6.61 Å². The molecule has 0 aliphatic rings. The third-order valence-electron chi connectivity index (χ3n) is 2.99. The highest BCUT2D eigenvalue weighted by atomic mass is 16.5. The molecule has 0 heterocycles. The van der Waals surface area contributed by atoms with Gasteiger partial charge in [-0.3, -0.25) is 0 Å². The molecule has 0 radical (unpaired) electrons. The highest BCUT2D eigenvalue weighted by molar-refractivity contribution is 5.43. The van der Waals surface area contributed by atoms with Gasteiger partial charge in [0.05, 0.1) is 6.61 Å². The van der Waals surface area contributed by atoms with E-state index in [1.54, 1.807) is 0 Å². The Bertz CT molecular complexity index is 567. The summed E-state index contributed by atoms with van der Waals surface area (Å²) < 4.78 is 11.7. The minimum atomic E-state index is 0.139. The molecule has 21 heavy (non-hydrogen) atoms. The number of benzene rings is 2. The number of hydrogen-bond donors (Lipinski definition) is 1. The summed E-state index contributed by atoms with van der Waals surface area (Å²) in [5.74, 6) is 2.32. The van der Waals surface area contributed by atoms with Crippen LogP contribution in [0.3, 0.4) is 0 Å². The van der Waals surface area contributed by atoms with E-state index in [4.69, 9.17) is 15.2 Å². The summed E-state index contributed by atoms with van der Waals surface area (Å²) in [6.07, 6.45) is 1.81. The van der Waals surface area contributed by atoms with Gasteiger partial charge in [0, 0.05) is 6.04 Å². The largest absolute Gasteiger partial charge is 0.490 e. The predicted molar refractivity (Wildman–Crippen MR) is 86.1 cm³/mol. The zero-order valence-corrected chi connectivity index (χ0v) is 12.7. The molecule has 0 saturated heterocycles. The van der Waals surface area contributed by atoms with E-state index in [1.165, 1.54) is 5.56 Å². The Morgan fingerprint density at radius 3 is 2.52 bits per heavy atom. The first-order valence-electron chi connectivity index (χ1n) is 7.43. The van der Waals surface area contributed by atoms with Gasteiger partial charge in [0.1, 0.15) is 5.75 Å². The summed E-state index contributed by atoms with van der Waals surface area (Å²) in [6.45, 7) is 4.77. The molecule has 0 aliphatic heterocycles. The normalized spacial score (nSPS) is 12.0. The van der Waals surface area contributed by atoms with Crippen molar-refractivity contribution in [3.05, 3.63) is 54.1 Å². The number of rotatable bonds is 7. The molecule has 0 saturated carbocycles. The standard InChI is InChI=1S/C18H23NO2/c1-3-11-20-17-9-4-5-10-18(17)21-16-8-6-7-15(13-16)12-14(2)19/h4-10,13-14H,3,11-12,19H2,1-2H3. The third-order valence-corrected chi connectivity index (χ3v) is 2.99. The van der Waals surface area contributed by atoms with Crippen LogP contribution in [0.25, 0.3) is 0 Å². The van der Waals surface area contributed by atoms with Gasteiger partial charge in [0.15, 0.2) is 11.5 Å². The molecule has 0 amide bonds. The van der Waals surface area contributed by atoms with Gasteiger partial charge in [0.2, 0.25) is 0 Å². The van der Waals surface area contributed by atoms with Crippen LogP contribution in [0.15, 0.2) is 48.5 Å². The highest BCUT2D eigenvalue weighted by Crippen LogP contribution is 2.31. The molecule has 2 aromatic carbocycles. The van der Waals surface area contributed by atoms with Crippen molar-refractivity contribution in [3.63, 3.8) is 0 Å². The molecule has 2 aromatic rings. The van der Waals surface area contributed by atoms with E-state index < -0.39 is 0 Å². The summed E-state index contributed by atoms with van der Waals surface area (Å²) >= 11 is 0. The maximum absolute atomic E-state index is 5.96. The Morgan fingerprint density at radius 1 is 1.05 bits per heavy atom. The topological polar surface area (TPSA) is 44.5 Å². The van der Waals surface area contributed by atoms with Crippen LogP contribution in [0.1, 0.15) is 25.8 Å². The molecule has 3 nitrogen and oxygen atoms in total. The summed E-state index contributed by atoms with van der Waals surface area (Å²) in [5.41, 5.74) is 7.02.